The molecule has 21 heavy (non-hydrogen) atoms. The molecule has 1 fully saturated rings. The first-order chi connectivity index (χ1) is 9.88. The average Bonchev–Trinajstić information content (AvgIpc) is 2.46. The number of carbonyl (C=O) groups excluding carboxylic acids is 1. The highest BCUT2D eigenvalue weighted by molar-refractivity contribution is 9.10. The molecule has 1 amide bonds. The number of piperidine rings is 1. The van der Waals surface area contributed by atoms with Gasteiger partial charge in [0.25, 0.3) is 0 Å². The molecule has 0 atom stereocenters. The zero-order chi connectivity index (χ0) is 15.5. The molecular formula is C15H20BrNO3S. The van der Waals surface area contributed by atoms with Gasteiger partial charge < -0.3 is 4.90 Å². The number of rotatable bonds is 4. The van der Waals surface area contributed by atoms with Crippen LogP contribution in [0.3, 0.4) is 0 Å². The van der Waals surface area contributed by atoms with Gasteiger partial charge in [0.15, 0.2) is 9.84 Å². The number of hydrogen-bond acceptors (Lipinski definition) is 3. The summed E-state index contributed by atoms with van der Waals surface area (Å²) >= 11 is 3.28. The van der Waals surface area contributed by atoms with Gasteiger partial charge in [-0.25, -0.2) is 8.42 Å². The highest BCUT2D eigenvalue weighted by atomic mass is 79.9. The third-order valence-electron chi connectivity index (χ3n) is 3.89. The minimum Gasteiger partial charge on any atom is -0.343 e. The fraction of sp³-hybridized carbons (Fsp3) is 0.533. The SMILES string of the molecule is CC1CCN(C(=O)CCS(=O)(=O)c2ccc(Br)cc2)CC1. The van der Waals surface area contributed by atoms with Crippen LogP contribution in [0.4, 0.5) is 0 Å². The van der Waals surface area contributed by atoms with Crippen LogP contribution in [0.25, 0.3) is 0 Å². The van der Waals surface area contributed by atoms with Crippen LogP contribution in [0.5, 0.6) is 0 Å². The maximum Gasteiger partial charge on any atom is 0.223 e. The zero-order valence-corrected chi connectivity index (χ0v) is 14.5. The first kappa shape index (κ1) is 16.5. The fourth-order valence-corrected chi connectivity index (χ4v) is 3.89. The van der Waals surface area contributed by atoms with E-state index in [-0.39, 0.29) is 23.0 Å². The second-order valence-electron chi connectivity index (χ2n) is 5.59. The van der Waals surface area contributed by atoms with Gasteiger partial charge in [-0.15, -0.1) is 0 Å². The lowest BCUT2D eigenvalue weighted by Crippen LogP contribution is -2.38. The molecule has 0 bridgehead atoms. The first-order valence-corrected chi connectivity index (χ1v) is 9.59. The van der Waals surface area contributed by atoms with Crippen molar-refractivity contribution >= 4 is 31.7 Å². The molecule has 0 N–H and O–H groups in total. The molecule has 0 aliphatic carbocycles. The fourth-order valence-electron chi connectivity index (χ4n) is 2.40. The number of benzene rings is 1. The van der Waals surface area contributed by atoms with Crippen molar-refractivity contribution in [2.75, 3.05) is 18.8 Å². The second-order valence-corrected chi connectivity index (χ2v) is 8.61. The molecule has 1 aromatic rings. The molecule has 1 aliphatic rings. The maximum atomic E-state index is 12.2. The van der Waals surface area contributed by atoms with E-state index in [0.29, 0.717) is 5.92 Å². The summed E-state index contributed by atoms with van der Waals surface area (Å²) in [6, 6.07) is 6.51. The molecule has 116 valence electrons. The Morgan fingerprint density at radius 1 is 1.24 bits per heavy atom. The van der Waals surface area contributed by atoms with E-state index in [4.69, 9.17) is 0 Å². The van der Waals surface area contributed by atoms with Crippen LogP contribution in [0.15, 0.2) is 33.6 Å². The Morgan fingerprint density at radius 2 is 1.81 bits per heavy atom. The Hall–Kier alpha value is -0.880. The number of sulfone groups is 1. The van der Waals surface area contributed by atoms with E-state index >= 15 is 0 Å². The average molecular weight is 374 g/mol. The van der Waals surface area contributed by atoms with Gasteiger partial charge in [0.05, 0.1) is 10.6 Å². The lowest BCUT2D eigenvalue weighted by Gasteiger charge is -2.30. The molecule has 1 saturated heterocycles. The van der Waals surface area contributed by atoms with E-state index in [9.17, 15) is 13.2 Å². The Morgan fingerprint density at radius 3 is 2.38 bits per heavy atom. The highest BCUT2D eigenvalue weighted by Crippen LogP contribution is 2.19. The van der Waals surface area contributed by atoms with Crippen molar-refractivity contribution in [3.63, 3.8) is 0 Å². The molecule has 2 rings (SSSR count). The molecule has 0 spiro atoms. The largest absolute Gasteiger partial charge is 0.343 e. The van der Waals surface area contributed by atoms with Crippen molar-refractivity contribution in [3.05, 3.63) is 28.7 Å². The standard InChI is InChI=1S/C15H20BrNO3S/c1-12-6-9-17(10-7-12)15(18)8-11-21(19,20)14-4-2-13(16)3-5-14/h2-5,12H,6-11H2,1H3. The first-order valence-electron chi connectivity index (χ1n) is 7.14. The van der Waals surface area contributed by atoms with Crippen LogP contribution in [-0.4, -0.2) is 38.1 Å². The van der Waals surface area contributed by atoms with Gasteiger partial charge in [0.2, 0.25) is 5.91 Å². The lowest BCUT2D eigenvalue weighted by atomic mass is 9.99. The quantitative estimate of drug-likeness (QED) is 0.815. The van der Waals surface area contributed by atoms with Gasteiger partial charge in [-0.05, 0) is 43.0 Å². The Labute approximate surface area is 134 Å². The summed E-state index contributed by atoms with van der Waals surface area (Å²) in [6.45, 7) is 3.68. The van der Waals surface area contributed by atoms with Crippen molar-refractivity contribution in [3.8, 4) is 0 Å². The molecule has 6 heteroatoms. The highest BCUT2D eigenvalue weighted by Gasteiger charge is 2.22. The van der Waals surface area contributed by atoms with Crippen LogP contribution in [0.2, 0.25) is 0 Å². The monoisotopic (exact) mass is 373 g/mol. The number of hydrogen-bond donors (Lipinski definition) is 0. The van der Waals surface area contributed by atoms with Gasteiger partial charge in [-0.3, -0.25) is 4.79 Å². The summed E-state index contributed by atoms with van der Waals surface area (Å²) in [5, 5.41) is 0. The molecule has 0 saturated carbocycles. The number of halogens is 1. The zero-order valence-electron chi connectivity index (χ0n) is 12.1. The number of carbonyl (C=O) groups is 1. The van der Waals surface area contributed by atoms with E-state index in [0.717, 1.165) is 30.4 Å². The summed E-state index contributed by atoms with van der Waals surface area (Å²) in [5.74, 6) is 0.475. The van der Waals surface area contributed by atoms with Crippen molar-refractivity contribution < 1.29 is 13.2 Å². The molecule has 0 radical (unpaired) electrons. The smallest absolute Gasteiger partial charge is 0.223 e. The van der Waals surface area contributed by atoms with Gasteiger partial charge in [0, 0.05) is 24.0 Å². The minimum absolute atomic E-state index is 0.0532. The van der Waals surface area contributed by atoms with Crippen LogP contribution in [-0.2, 0) is 14.6 Å². The van der Waals surface area contributed by atoms with Crippen molar-refractivity contribution in [2.45, 2.75) is 31.1 Å². The van der Waals surface area contributed by atoms with Crippen LogP contribution >= 0.6 is 15.9 Å². The van der Waals surface area contributed by atoms with Gasteiger partial charge in [-0.1, -0.05) is 22.9 Å². The van der Waals surface area contributed by atoms with Crippen LogP contribution in [0.1, 0.15) is 26.2 Å². The Balaban J connectivity index is 1.92. The molecule has 0 aromatic heterocycles. The molecule has 1 aromatic carbocycles. The van der Waals surface area contributed by atoms with E-state index in [2.05, 4.69) is 22.9 Å². The van der Waals surface area contributed by atoms with Crippen molar-refractivity contribution in [1.82, 2.24) is 4.90 Å². The summed E-state index contributed by atoms with van der Waals surface area (Å²) < 4.78 is 25.2. The molecule has 0 unspecified atom stereocenters. The van der Waals surface area contributed by atoms with Crippen LogP contribution in [0, 0.1) is 5.92 Å². The van der Waals surface area contributed by atoms with E-state index in [1.54, 1.807) is 29.2 Å². The third kappa shape index (κ3) is 4.54. The van der Waals surface area contributed by atoms with Crippen molar-refractivity contribution in [1.29, 1.82) is 0 Å². The summed E-state index contributed by atoms with van der Waals surface area (Å²) in [7, 11) is -3.39. The topological polar surface area (TPSA) is 54.5 Å². The lowest BCUT2D eigenvalue weighted by molar-refractivity contribution is -0.132. The summed E-state index contributed by atoms with van der Waals surface area (Å²) in [6.07, 6.45) is 2.07. The van der Waals surface area contributed by atoms with E-state index in [1.165, 1.54) is 0 Å². The van der Waals surface area contributed by atoms with Gasteiger partial charge in [-0.2, -0.15) is 0 Å². The normalized spacial score (nSPS) is 17.0. The van der Waals surface area contributed by atoms with Crippen LogP contribution < -0.4 is 0 Å². The summed E-state index contributed by atoms with van der Waals surface area (Å²) in [4.78, 5) is 14.1. The number of amides is 1. The molecular weight excluding hydrogens is 354 g/mol. The molecule has 1 aliphatic heterocycles. The number of likely N-dealkylation sites (tertiary alicyclic amines) is 1. The van der Waals surface area contributed by atoms with E-state index in [1.807, 2.05) is 0 Å². The Kier molecular flexibility index (Phi) is 5.43. The second kappa shape index (κ2) is 6.92. The minimum atomic E-state index is -3.39. The van der Waals surface area contributed by atoms with Gasteiger partial charge in [0.1, 0.15) is 0 Å². The third-order valence-corrected chi connectivity index (χ3v) is 6.15. The summed E-state index contributed by atoms with van der Waals surface area (Å²) in [5.41, 5.74) is 0. The molecule has 1 heterocycles. The van der Waals surface area contributed by atoms with Crippen molar-refractivity contribution in [2.24, 2.45) is 5.92 Å². The van der Waals surface area contributed by atoms with E-state index < -0.39 is 9.84 Å². The predicted octanol–water partition coefficient (Wildman–Crippen LogP) is 2.87. The molecule has 4 nitrogen and oxygen atoms in total. The maximum absolute atomic E-state index is 12.2. The Bertz CT molecular complexity index is 590. The predicted molar refractivity (Wildman–Crippen MR) is 85.8 cm³/mol. The number of nitrogens with zero attached hydrogens (tertiary/aromatic N) is 1. The van der Waals surface area contributed by atoms with Gasteiger partial charge >= 0.3 is 0 Å².